The largest absolute Gasteiger partial charge is 0.435 e. The summed E-state index contributed by atoms with van der Waals surface area (Å²) >= 11 is 0. The van der Waals surface area contributed by atoms with Gasteiger partial charge in [0.15, 0.2) is 5.82 Å². The summed E-state index contributed by atoms with van der Waals surface area (Å²) in [6.07, 6.45) is 2.17. The number of nitrogens with one attached hydrogen (secondary N) is 2. The van der Waals surface area contributed by atoms with Gasteiger partial charge in [0.25, 0.3) is 0 Å². The molecule has 0 spiro atoms. The molecular formula is C20H25F2N7O3. The minimum atomic E-state index is -2.94. The fraction of sp³-hybridized carbons (Fsp3) is 0.500. The highest BCUT2D eigenvalue weighted by Gasteiger charge is 2.21. The number of urea groups is 1. The van der Waals surface area contributed by atoms with Gasteiger partial charge in [-0.15, -0.1) is 0 Å². The molecule has 2 fully saturated rings. The average molecular weight is 449 g/mol. The molecule has 172 valence electrons. The van der Waals surface area contributed by atoms with Gasteiger partial charge in [0.1, 0.15) is 5.75 Å². The van der Waals surface area contributed by atoms with Crippen molar-refractivity contribution in [3.63, 3.8) is 0 Å². The van der Waals surface area contributed by atoms with E-state index >= 15 is 0 Å². The number of nitrogens with zero attached hydrogens (tertiary/aromatic N) is 5. The van der Waals surface area contributed by atoms with Crippen LogP contribution < -0.4 is 25.2 Å². The number of alkyl halides is 2. The Bertz CT molecular complexity index is 922. The molecule has 1 aromatic heterocycles. The number of amides is 2. The van der Waals surface area contributed by atoms with E-state index in [0.717, 1.165) is 25.9 Å². The van der Waals surface area contributed by atoms with Gasteiger partial charge >= 0.3 is 12.6 Å². The number of carbonyl (C=O) groups excluding carboxylic acids is 1. The van der Waals surface area contributed by atoms with E-state index in [0.29, 0.717) is 49.7 Å². The lowest BCUT2D eigenvalue weighted by Crippen LogP contribution is -2.38. The van der Waals surface area contributed by atoms with Crippen LogP contribution in [0.25, 0.3) is 0 Å². The molecule has 0 aliphatic carbocycles. The lowest BCUT2D eigenvalue weighted by Gasteiger charge is -2.28. The van der Waals surface area contributed by atoms with Crippen LogP contribution in [0.5, 0.6) is 5.75 Å². The highest BCUT2D eigenvalue weighted by Crippen LogP contribution is 2.20. The van der Waals surface area contributed by atoms with Crippen molar-refractivity contribution in [2.75, 3.05) is 54.5 Å². The highest BCUT2D eigenvalue weighted by atomic mass is 19.3. The quantitative estimate of drug-likeness (QED) is 0.663. The number of halogens is 2. The first-order chi connectivity index (χ1) is 15.6. The smallest absolute Gasteiger partial charge is 0.387 e. The van der Waals surface area contributed by atoms with Crippen molar-refractivity contribution in [1.82, 2.24) is 20.3 Å². The zero-order valence-corrected chi connectivity index (χ0v) is 17.5. The second-order valence-corrected chi connectivity index (χ2v) is 7.36. The maximum Gasteiger partial charge on any atom is 0.387 e. The average Bonchev–Trinajstić information content (AvgIpc) is 3.33. The standard InChI is InChI=1S/C20H25F2N7O3/c21-17(22)32-15-5-3-4-14(12-15)24-20(30)23-13-16-25-18(28-6-1-2-7-28)27-19(26-16)29-8-10-31-11-9-29/h3-5,12,17H,1-2,6-11,13H2,(H2,23,24,30). The third-order valence-electron chi connectivity index (χ3n) is 5.07. The predicted molar refractivity (Wildman–Crippen MR) is 113 cm³/mol. The van der Waals surface area contributed by atoms with Crippen molar-refractivity contribution >= 4 is 23.6 Å². The van der Waals surface area contributed by atoms with Gasteiger partial charge in [-0.25, -0.2) is 4.79 Å². The summed E-state index contributed by atoms with van der Waals surface area (Å²) < 4.78 is 34.5. The van der Waals surface area contributed by atoms with Crippen molar-refractivity contribution < 1.29 is 23.0 Å². The number of ether oxygens (including phenoxy) is 2. The topological polar surface area (TPSA) is 105 Å². The molecule has 0 bridgehead atoms. The van der Waals surface area contributed by atoms with Gasteiger partial charge in [0.2, 0.25) is 11.9 Å². The first-order valence-electron chi connectivity index (χ1n) is 10.5. The van der Waals surface area contributed by atoms with Gasteiger partial charge in [-0.05, 0) is 25.0 Å². The SMILES string of the molecule is O=C(NCc1nc(N2CCCC2)nc(N2CCOCC2)n1)Nc1cccc(OC(F)F)c1. The molecule has 3 heterocycles. The molecule has 1 aromatic carbocycles. The summed E-state index contributed by atoms with van der Waals surface area (Å²) in [7, 11) is 0. The van der Waals surface area contributed by atoms with Gasteiger partial charge in [-0.3, -0.25) is 0 Å². The highest BCUT2D eigenvalue weighted by molar-refractivity contribution is 5.89. The molecular weight excluding hydrogens is 424 g/mol. The van der Waals surface area contributed by atoms with Crippen LogP contribution in [0.4, 0.5) is 31.2 Å². The number of benzene rings is 1. The van der Waals surface area contributed by atoms with Crippen molar-refractivity contribution in [2.45, 2.75) is 26.0 Å². The second kappa shape index (κ2) is 10.4. The number of hydrogen-bond acceptors (Lipinski definition) is 8. The van der Waals surface area contributed by atoms with Crippen LogP contribution in [0.1, 0.15) is 18.7 Å². The summed E-state index contributed by atoms with van der Waals surface area (Å²) in [5.74, 6) is 1.57. The molecule has 0 radical (unpaired) electrons. The minimum absolute atomic E-state index is 0.0410. The maximum absolute atomic E-state index is 12.4. The summed E-state index contributed by atoms with van der Waals surface area (Å²) in [4.78, 5) is 30.2. The molecule has 4 rings (SSSR count). The van der Waals surface area contributed by atoms with Crippen LogP contribution in [0.3, 0.4) is 0 Å². The molecule has 2 aliphatic heterocycles. The monoisotopic (exact) mass is 449 g/mol. The lowest BCUT2D eigenvalue weighted by molar-refractivity contribution is -0.0498. The number of rotatable bonds is 7. The Kier molecular flexibility index (Phi) is 7.10. The maximum atomic E-state index is 12.4. The van der Waals surface area contributed by atoms with Gasteiger partial charge in [-0.1, -0.05) is 6.07 Å². The number of hydrogen-bond donors (Lipinski definition) is 2. The zero-order chi connectivity index (χ0) is 22.3. The minimum Gasteiger partial charge on any atom is -0.435 e. The van der Waals surface area contributed by atoms with Crippen LogP contribution in [0.15, 0.2) is 24.3 Å². The normalized spacial score (nSPS) is 16.3. The predicted octanol–water partition coefficient (Wildman–Crippen LogP) is 2.23. The number of morpholine rings is 1. The molecule has 0 saturated carbocycles. The van der Waals surface area contributed by atoms with Crippen LogP contribution >= 0.6 is 0 Å². The molecule has 12 heteroatoms. The van der Waals surface area contributed by atoms with E-state index in [9.17, 15) is 13.6 Å². The van der Waals surface area contributed by atoms with Crippen LogP contribution in [-0.2, 0) is 11.3 Å². The fourth-order valence-corrected chi connectivity index (χ4v) is 3.52. The second-order valence-electron chi connectivity index (χ2n) is 7.36. The van der Waals surface area contributed by atoms with E-state index in [1.165, 1.54) is 18.2 Å². The van der Waals surface area contributed by atoms with Crippen LogP contribution in [0, 0.1) is 0 Å². The number of anilines is 3. The third kappa shape index (κ3) is 5.90. The third-order valence-corrected chi connectivity index (χ3v) is 5.07. The van der Waals surface area contributed by atoms with Gasteiger partial charge in [-0.2, -0.15) is 23.7 Å². The molecule has 2 aliphatic rings. The summed E-state index contributed by atoms with van der Waals surface area (Å²) in [6.45, 7) is 1.51. The van der Waals surface area contributed by atoms with Crippen LogP contribution in [0.2, 0.25) is 0 Å². The van der Waals surface area contributed by atoms with E-state index in [1.54, 1.807) is 6.07 Å². The van der Waals surface area contributed by atoms with E-state index in [1.807, 2.05) is 4.90 Å². The lowest BCUT2D eigenvalue weighted by atomic mass is 10.3. The van der Waals surface area contributed by atoms with E-state index < -0.39 is 12.6 Å². The van der Waals surface area contributed by atoms with Gasteiger partial charge in [0.05, 0.1) is 19.8 Å². The molecule has 0 unspecified atom stereocenters. The van der Waals surface area contributed by atoms with Gasteiger partial charge < -0.3 is 29.9 Å². The molecule has 2 N–H and O–H groups in total. The number of carbonyl (C=O) groups is 1. The Morgan fingerprint density at radius 1 is 1.06 bits per heavy atom. The molecule has 32 heavy (non-hydrogen) atoms. The number of aromatic nitrogens is 3. The van der Waals surface area contributed by atoms with E-state index in [2.05, 4.69) is 35.2 Å². The molecule has 2 aromatic rings. The molecule has 0 atom stereocenters. The summed E-state index contributed by atoms with van der Waals surface area (Å²) in [6, 6.07) is 5.26. The Morgan fingerprint density at radius 2 is 1.75 bits per heavy atom. The van der Waals surface area contributed by atoms with E-state index in [-0.39, 0.29) is 12.3 Å². The molecule has 2 saturated heterocycles. The Labute approximate surface area is 183 Å². The summed E-state index contributed by atoms with van der Waals surface area (Å²) in [5, 5.41) is 5.29. The van der Waals surface area contributed by atoms with Gasteiger partial charge in [0, 0.05) is 37.9 Å². The zero-order valence-electron chi connectivity index (χ0n) is 17.5. The Balaban J connectivity index is 1.42. The molecule has 2 amide bonds. The van der Waals surface area contributed by atoms with Crippen molar-refractivity contribution in [1.29, 1.82) is 0 Å². The first-order valence-corrected chi connectivity index (χ1v) is 10.5. The Hall–Kier alpha value is -3.28. The molecule has 10 nitrogen and oxygen atoms in total. The first kappa shape index (κ1) is 21.9. The summed E-state index contributed by atoms with van der Waals surface area (Å²) in [5.41, 5.74) is 0.322. The van der Waals surface area contributed by atoms with Crippen molar-refractivity contribution in [3.8, 4) is 5.75 Å². The van der Waals surface area contributed by atoms with Crippen LogP contribution in [-0.4, -0.2) is 67.0 Å². The van der Waals surface area contributed by atoms with Crippen molar-refractivity contribution in [2.24, 2.45) is 0 Å². The van der Waals surface area contributed by atoms with Crippen molar-refractivity contribution in [3.05, 3.63) is 30.1 Å². The van der Waals surface area contributed by atoms with E-state index in [4.69, 9.17) is 4.74 Å². The Morgan fingerprint density at radius 3 is 2.44 bits per heavy atom. The fourth-order valence-electron chi connectivity index (χ4n) is 3.52.